The first-order valence-electron chi connectivity index (χ1n) is 7.61. The van der Waals surface area contributed by atoms with Gasteiger partial charge in [0.2, 0.25) is 0 Å². The third kappa shape index (κ3) is 2.52. The third-order valence-electron chi connectivity index (χ3n) is 5.27. The molecule has 2 saturated carbocycles. The van der Waals surface area contributed by atoms with Crippen LogP contribution in [-0.4, -0.2) is 5.54 Å². The van der Waals surface area contributed by atoms with Gasteiger partial charge in [-0.15, -0.1) is 0 Å². The molecule has 1 spiro atoms. The highest BCUT2D eigenvalue weighted by molar-refractivity contribution is 5.48. The van der Waals surface area contributed by atoms with Crippen LogP contribution in [0.4, 0.5) is 10.1 Å². The number of nitrogens with one attached hydrogen (secondary N) is 1. The van der Waals surface area contributed by atoms with Crippen LogP contribution in [0.5, 0.6) is 0 Å². The molecule has 3 rings (SSSR count). The van der Waals surface area contributed by atoms with Gasteiger partial charge in [0.25, 0.3) is 0 Å². The van der Waals surface area contributed by atoms with Crippen molar-refractivity contribution in [2.75, 3.05) is 5.32 Å². The van der Waals surface area contributed by atoms with E-state index in [1.165, 1.54) is 37.8 Å². The first-order chi connectivity index (χ1) is 9.65. The van der Waals surface area contributed by atoms with E-state index in [2.05, 4.69) is 11.4 Å². The monoisotopic (exact) mass is 272 g/mol. The summed E-state index contributed by atoms with van der Waals surface area (Å²) in [5.74, 6) is -0.241. The summed E-state index contributed by atoms with van der Waals surface area (Å²) < 4.78 is 12.9. The summed E-state index contributed by atoms with van der Waals surface area (Å²) in [5.41, 5.74) is 0.895. The van der Waals surface area contributed by atoms with Gasteiger partial charge >= 0.3 is 0 Å². The highest BCUT2D eigenvalue weighted by atomic mass is 19.1. The molecule has 0 unspecified atom stereocenters. The van der Waals surface area contributed by atoms with Crippen molar-refractivity contribution < 1.29 is 4.39 Å². The van der Waals surface area contributed by atoms with E-state index >= 15 is 0 Å². The Balaban J connectivity index is 1.70. The molecule has 0 aliphatic heterocycles. The Morgan fingerprint density at radius 2 is 1.55 bits per heavy atom. The minimum absolute atomic E-state index is 0.241. The van der Waals surface area contributed by atoms with Crippen LogP contribution in [0.1, 0.15) is 51.4 Å². The van der Waals surface area contributed by atoms with Crippen molar-refractivity contribution in [3.05, 3.63) is 30.1 Å². The second-order valence-electron chi connectivity index (χ2n) is 6.53. The minimum atomic E-state index is -0.467. The molecule has 0 amide bonds. The quantitative estimate of drug-likeness (QED) is 0.851. The molecule has 0 atom stereocenters. The lowest BCUT2D eigenvalue weighted by molar-refractivity contribution is 0.167. The zero-order chi connectivity index (χ0) is 14.1. The zero-order valence-corrected chi connectivity index (χ0v) is 11.8. The lowest BCUT2D eigenvalue weighted by atomic mass is 9.67. The van der Waals surface area contributed by atoms with Gasteiger partial charge in [-0.25, -0.2) is 4.39 Å². The van der Waals surface area contributed by atoms with E-state index in [0.29, 0.717) is 5.41 Å². The Kier molecular flexibility index (Phi) is 3.41. The molecule has 0 saturated heterocycles. The maximum Gasteiger partial charge on any atom is 0.125 e. The van der Waals surface area contributed by atoms with Gasteiger partial charge < -0.3 is 5.32 Å². The molecule has 2 nitrogen and oxygen atoms in total. The molecule has 106 valence electrons. The fourth-order valence-corrected chi connectivity index (χ4v) is 3.91. The van der Waals surface area contributed by atoms with Crippen LogP contribution >= 0.6 is 0 Å². The Morgan fingerprint density at radius 1 is 0.950 bits per heavy atom. The summed E-state index contributed by atoms with van der Waals surface area (Å²) in [6.45, 7) is 0. The van der Waals surface area contributed by atoms with Crippen LogP contribution < -0.4 is 5.32 Å². The number of nitriles is 1. The van der Waals surface area contributed by atoms with Crippen molar-refractivity contribution in [2.24, 2.45) is 5.41 Å². The molecular formula is C17H21FN2. The topological polar surface area (TPSA) is 35.8 Å². The number of halogens is 1. The van der Waals surface area contributed by atoms with Crippen LogP contribution in [0.15, 0.2) is 24.3 Å². The van der Waals surface area contributed by atoms with Gasteiger partial charge in [0.1, 0.15) is 11.4 Å². The fraction of sp³-hybridized carbons (Fsp3) is 0.588. The largest absolute Gasteiger partial charge is 0.367 e. The third-order valence-corrected chi connectivity index (χ3v) is 5.27. The lowest BCUT2D eigenvalue weighted by Crippen LogP contribution is -2.43. The Labute approximate surface area is 120 Å². The normalized spacial score (nSPS) is 23.4. The van der Waals surface area contributed by atoms with Crippen molar-refractivity contribution in [2.45, 2.75) is 56.9 Å². The highest BCUT2D eigenvalue weighted by Gasteiger charge is 2.44. The molecule has 1 aromatic rings. The number of rotatable bonds is 2. The summed E-state index contributed by atoms with van der Waals surface area (Å²) >= 11 is 0. The second kappa shape index (κ2) is 5.09. The molecule has 1 aromatic carbocycles. The van der Waals surface area contributed by atoms with Gasteiger partial charge in [-0.1, -0.05) is 12.8 Å². The maximum absolute atomic E-state index is 12.9. The predicted octanol–water partition coefficient (Wildman–Crippen LogP) is 4.63. The van der Waals surface area contributed by atoms with E-state index in [9.17, 15) is 9.65 Å². The van der Waals surface area contributed by atoms with Crippen LogP contribution in [0, 0.1) is 22.6 Å². The van der Waals surface area contributed by atoms with Crippen LogP contribution in [0.25, 0.3) is 0 Å². The average molecular weight is 272 g/mol. The van der Waals surface area contributed by atoms with Crippen molar-refractivity contribution in [1.82, 2.24) is 0 Å². The smallest absolute Gasteiger partial charge is 0.125 e. The summed E-state index contributed by atoms with van der Waals surface area (Å²) in [6.07, 6.45) is 9.48. The number of benzene rings is 1. The maximum atomic E-state index is 12.9. The molecule has 2 aliphatic carbocycles. The van der Waals surface area contributed by atoms with Crippen molar-refractivity contribution in [3.8, 4) is 6.07 Å². The molecule has 20 heavy (non-hydrogen) atoms. The van der Waals surface area contributed by atoms with Crippen molar-refractivity contribution in [1.29, 1.82) is 5.26 Å². The Bertz CT molecular complexity index is 499. The van der Waals surface area contributed by atoms with Gasteiger partial charge in [-0.05, 0) is 68.2 Å². The Morgan fingerprint density at radius 3 is 2.10 bits per heavy atom. The second-order valence-corrected chi connectivity index (χ2v) is 6.53. The molecule has 2 aliphatic rings. The highest BCUT2D eigenvalue weighted by Crippen LogP contribution is 2.51. The molecular weight excluding hydrogens is 251 g/mol. The number of nitrogens with zero attached hydrogens (tertiary/aromatic N) is 1. The first kappa shape index (κ1) is 13.4. The zero-order valence-electron chi connectivity index (χ0n) is 11.8. The van der Waals surface area contributed by atoms with Crippen LogP contribution in [0.2, 0.25) is 0 Å². The molecule has 3 heteroatoms. The summed E-state index contributed by atoms with van der Waals surface area (Å²) in [7, 11) is 0. The minimum Gasteiger partial charge on any atom is -0.367 e. The first-order valence-corrected chi connectivity index (χ1v) is 7.61. The lowest BCUT2D eigenvalue weighted by Gasteiger charge is -2.42. The fourth-order valence-electron chi connectivity index (χ4n) is 3.91. The van der Waals surface area contributed by atoms with E-state index in [-0.39, 0.29) is 5.82 Å². The van der Waals surface area contributed by atoms with Crippen LogP contribution in [0.3, 0.4) is 0 Å². The van der Waals surface area contributed by atoms with Gasteiger partial charge in [0.15, 0.2) is 0 Å². The predicted molar refractivity (Wildman–Crippen MR) is 77.7 cm³/mol. The van der Waals surface area contributed by atoms with Crippen LogP contribution in [-0.2, 0) is 0 Å². The summed E-state index contributed by atoms with van der Waals surface area (Å²) in [6, 6.07) is 8.79. The molecule has 0 bridgehead atoms. The Hall–Kier alpha value is -1.56. The number of hydrogen-bond acceptors (Lipinski definition) is 2. The molecule has 0 aromatic heterocycles. The van der Waals surface area contributed by atoms with E-state index in [4.69, 9.17) is 0 Å². The molecule has 0 heterocycles. The van der Waals surface area contributed by atoms with Gasteiger partial charge in [-0.3, -0.25) is 0 Å². The summed E-state index contributed by atoms with van der Waals surface area (Å²) in [5, 5.41) is 13.0. The number of hydrogen-bond donors (Lipinski definition) is 1. The average Bonchev–Trinajstić information content (AvgIpc) is 2.93. The number of anilines is 1. The van der Waals surface area contributed by atoms with E-state index in [1.807, 2.05) is 0 Å². The van der Waals surface area contributed by atoms with E-state index in [1.54, 1.807) is 12.1 Å². The van der Waals surface area contributed by atoms with Gasteiger partial charge in [0, 0.05) is 5.69 Å². The van der Waals surface area contributed by atoms with E-state index in [0.717, 1.165) is 31.4 Å². The van der Waals surface area contributed by atoms with Crippen molar-refractivity contribution >= 4 is 5.69 Å². The standard InChI is InChI=1S/C17H21FN2/c18-14-3-5-15(6-4-14)20-17(13-19)11-9-16(10-12-17)7-1-2-8-16/h3-6,20H,1-2,7-12H2. The van der Waals surface area contributed by atoms with Crippen molar-refractivity contribution in [3.63, 3.8) is 0 Å². The van der Waals surface area contributed by atoms with Gasteiger partial charge in [0.05, 0.1) is 6.07 Å². The SMILES string of the molecule is N#CC1(Nc2ccc(F)cc2)CCC2(CCCC2)CC1. The molecule has 0 radical (unpaired) electrons. The van der Waals surface area contributed by atoms with E-state index < -0.39 is 5.54 Å². The molecule has 2 fully saturated rings. The summed E-state index contributed by atoms with van der Waals surface area (Å²) in [4.78, 5) is 0. The molecule has 1 N–H and O–H groups in total. The van der Waals surface area contributed by atoms with Gasteiger partial charge in [-0.2, -0.15) is 5.26 Å².